The number of benzene rings is 1. The Morgan fingerprint density at radius 1 is 1.14 bits per heavy atom. The van der Waals surface area contributed by atoms with Gasteiger partial charge in [0.1, 0.15) is 0 Å². The number of hydrogen-bond acceptors (Lipinski definition) is 1. The molecule has 1 heterocycles. The van der Waals surface area contributed by atoms with Crippen LogP contribution in [0.2, 0.25) is 0 Å². The van der Waals surface area contributed by atoms with Gasteiger partial charge in [-0.25, -0.2) is 0 Å². The second-order valence-corrected chi connectivity index (χ2v) is 5.79. The zero-order chi connectivity index (χ0) is 10.3. The van der Waals surface area contributed by atoms with Crippen LogP contribution < -0.4 is 0 Å². The predicted octanol–water partition coefficient (Wildman–Crippen LogP) is 4.51. The Kier molecular flexibility index (Phi) is 2.15. The Morgan fingerprint density at radius 3 is 2.50 bits per heavy atom. The smallest absolute Gasteiger partial charge is 0.0345 e. The first kappa shape index (κ1) is 9.72. The summed E-state index contributed by atoms with van der Waals surface area (Å²) in [4.78, 5) is 0. The Morgan fingerprint density at radius 2 is 1.86 bits per heavy atom. The minimum absolute atomic E-state index is 0.253. The number of rotatable bonds is 0. The minimum atomic E-state index is 0.253. The van der Waals surface area contributed by atoms with Crippen LogP contribution in [0.25, 0.3) is 10.1 Å². The van der Waals surface area contributed by atoms with Crippen molar-refractivity contribution in [1.82, 2.24) is 0 Å². The average Bonchev–Trinajstić information content (AvgIpc) is 2.46. The van der Waals surface area contributed by atoms with E-state index >= 15 is 0 Å². The van der Waals surface area contributed by atoms with Crippen LogP contribution in [0.4, 0.5) is 0 Å². The maximum atomic E-state index is 2.33. The lowest BCUT2D eigenvalue weighted by molar-refractivity contribution is 0.591. The van der Waals surface area contributed by atoms with Crippen LogP contribution in [-0.2, 0) is 5.41 Å². The molecular weight excluding hydrogens is 188 g/mol. The highest BCUT2D eigenvalue weighted by Gasteiger charge is 2.14. The summed E-state index contributed by atoms with van der Waals surface area (Å²) in [6.45, 7) is 8.97. The lowest BCUT2D eigenvalue weighted by Crippen LogP contribution is -2.10. The van der Waals surface area contributed by atoms with E-state index in [-0.39, 0.29) is 5.41 Å². The predicted molar refractivity (Wildman–Crippen MR) is 65.3 cm³/mol. The molecule has 0 radical (unpaired) electrons. The molecule has 0 saturated carbocycles. The summed E-state index contributed by atoms with van der Waals surface area (Å²) in [5, 5.41) is 3.65. The van der Waals surface area contributed by atoms with Gasteiger partial charge in [-0.05, 0) is 46.4 Å². The molecule has 0 aliphatic rings. The maximum Gasteiger partial charge on any atom is 0.0345 e. The topological polar surface area (TPSA) is 0 Å². The first-order valence-corrected chi connectivity index (χ1v) is 5.85. The van der Waals surface area contributed by atoms with E-state index in [1.165, 1.54) is 21.2 Å². The molecule has 1 aromatic heterocycles. The minimum Gasteiger partial charge on any atom is -0.144 e. The van der Waals surface area contributed by atoms with Gasteiger partial charge in [0.15, 0.2) is 0 Å². The molecule has 0 bridgehead atoms. The molecule has 0 nitrogen and oxygen atoms in total. The summed E-state index contributed by atoms with van der Waals surface area (Å²) in [6, 6.07) is 6.83. The van der Waals surface area contributed by atoms with Crippen molar-refractivity contribution in [2.24, 2.45) is 0 Å². The van der Waals surface area contributed by atoms with E-state index in [0.717, 1.165) is 0 Å². The molecule has 0 amide bonds. The quantitative estimate of drug-likeness (QED) is 0.592. The molecule has 0 unspecified atom stereocenters. The highest BCUT2D eigenvalue weighted by atomic mass is 32.1. The third kappa shape index (κ3) is 1.57. The van der Waals surface area contributed by atoms with Crippen molar-refractivity contribution >= 4 is 21.4 Å². The number of fused-ring (bicyclic) bond motifs is 1. The normalized spacial score (nSPS) is 12.3. The van der Waals surface area contributed by atoms with Crippen LogP contribution in [0.5, 0.6) is 0 Å². The summed E-state index contributed by atoms with van der Waals surface area (Å²) in [5.41, 5.74) is 3.07. The molecule has 0 atom stereocenters. The van der Waals surface area contributed by atoms with Gasteiger partial charge in [-0.1, -0.05) is 26.8 Å². The van der Waals surface area contributed by atoms with E-state index in [1.807, 2.05) is 11.3 Å². The fourth-order valence-corrected chi connectivity index (χ4v) is 2.55. The van der Waals surface area contributed by atoms with Crippen molar-refractivity contribution in [3.63, 3.8) is 0 Å². The Balaban J connectivity index is 2.66. The Hall–Kier alpha value is -0.820. The molecule has 1 heteroatoms. The largest absolute Gasteiger partial charge is 0.144 e. The molecule has 14 heavy (non-hydrogen) atoms. The van der Waals surface area contributed by atoms with Crippen LogP contribution >= 0.6 is 11.3 Å². The van der Waals surface area contributed by atoms with Gasteiger partial charge in [0.2, 0.25) is 0 Å². The van der Waals surface area contributed by atoms with Crippen molar-refractivity contribution in [3.8, 4) is 0 Å². The molecule has 0 saturated heterocycles. The highest BCUT2D eigenvalue weighted by Crippen LogP contribution is 2.30. The van der Waals surface area contributed by atoms with Crippen molar-refractivity contribution in [1.29, 1.82) is 0 Å². The fraction of sp³-hybridized carbons (Fsp3) is 0.385. The highest BCUT2D eigenvalue weighted by molar-refractivity contribution is 7.17. The van der Waals surface area contributed by atoms with Gasteiger partial charge in [-0.15, -0.1) is 11.3 Å². The number of hydrogen-bond donors (Lipinski definition) is 0. The zero-order valence-corrected chi connectivity index (χ0v) is 10.0. The molecule has 0 aliphatic carbocycles. The van der Waals surface area contributed by atoms with Crippen molar-refractivity contribution in [3.05, 3.63) is 34.7 Å². The summed E-state index contributed by atoms with van der Waals surface area (Å²) >= 11 is 1.83. The van der Waals surface area contributed by atoms with E-state index in [4.69, 9.17) is 0 Å². The van der Waals surface area contributed by atoms with Crippen molar-refractivity contribution in [2.45, 2.75) is 33.1 Å². The molecule has 74 valence electrons. The number of thiophene rings is 1. The monoisotopic (exact) mass is 204 g/mol. The fourth-order valence-electron chi connectivity index (χ4n) is 1.62. The Bertz CT molecular complexity index is 458. The second kappa shape index (κ2) is 3.09. The first-order chi connectivity index (χ1) is 6.48. The molecule has 2 aromatic rings. The summed E-state index contributed by atoms with van der Waals surface area (Å²) in [7, 11) is 0. The molecule has 0 spiro atoms. The van der Waals surface area contributed by atoms with Gasteiger partial charge in [-0.3, -0.25) is 0 Å². The summed E-state index contributed by atoms with van der Waals surface area (Å²) < 4.78 is 1.40. The van der Waals surface area contributed by atoms with Gasteiger partial charge in [0.25, 0.3) is 0 Å². The SMILES string of the molecule is Cc1csc2ccc(C(C)(C)C)cc12. The molecule has 1 aromatic carbocycles. The van der Waals surface area contributed by atoms with Gasteiger partial charge in [0, 0.05) is 4.70 Å². The van der Waals surface area contributed by atoms with Gasteiger partial charge >= 0.3 is 0 Å². The van der Waals surface area contributed by atoms with Crippen LogP contribution in [0.15, 0.2) is 23.6 Å². The van der Waals surface area contributed by atoms with Gasteiger partial charge < -0.3 is 0 Å². The third-order valence-electron chi connectivity index (χ3n) is 2.63. The van der Waals surface area contributed by atoms with E-state index in [9.17, 15) is 0 Å². The molecule has 0 N–H and O–H groups in total. The van der Waals surface area contributed by atoms with E-state index < -0.39 is 0 Å². The van der Waals surface area contributed by atoms with E-state index in [2.05, 4.69) is 51.3 Å². The van der Waals surface area contributed by atoms with Crippen molar-refractivity contribution < 1.29 is 0 Å². The van der Waals surface area contributed by atoms with E-state index in [0.29, 0.717) is 0 Å². The summed E-state index contributed by atoms with van der Waals surface area (Å²) in [6.07, 6.45) is 0. The zero-order valence-electron chi connectivity index (χ0n) is 9.22. The first-order valence-electron chi connectivity index (χ1n) is 4.97. The molecule has 0 fully saturated rings. The van der Waals surface area contributed by atoms with E-state index in [1.54, 1.807) is 0 Å². The lowest BCUT2D eigenvalue weighted by Gasteiger charge is -2.18. The van der Waals surface area contributed by atoms with Crippen LogP contribution in [0.3, 0.4) is 0 Å². The average molecular weight is 204 g/mol. The molecule has 0 aliphatic heterocycles. The lowest BCUT2D eigenvalue weighted by atomic mass is 9.86. The van der Waals surface area contributed by atoms with Crippen molar-refractivity contribution in [2.75, 3.05) is 0 Å². The molecular formula is C13H16S. The van der Waals surface area contributed by atoms with Gasteiger partial charge in [0.05, 0.1) is 0 Å². The maximum absolute atomic E-state index is 2.33. The van der Waals surface area contributed by atoms with Crippen LogP contribution in [0, 0.1) is 6.92 Å². The second-order valence-electron chi connectivity index (χ2n) is 4.88. The van der Waals surface area contributed by atoms with Crippen LogP contribution in [0.1, 0.15) is 31.9 Å². The van der Waals surface area contributed by atoms with Crippen LogP contribution in [-0.4, -0.2) is 0 Å². The third-order valence-corrected chi connectivity index (χ3v) is 3.71. The molecule has 2 rings (SSSR count). The van der Waals surface area contributed by atoms with Gasteiger partial charge in [-0.2, -0.15) is 0 Å². The number of aryl methyl sites for hydroxylation is 1. The standard InChI is InChI=1S/C13H16S/c1-9-8-14-12-6-5-10(7-11(9)12)13(2,3)4/h5-8H,1-4H3. The summed E-state index contributed by atoms with van der Waals surface area (Å²) in [5.74, 6) is 0. The Labute approximate surface area is 89.6 Å².